The molecule has 0 amide bonds. The average molecular weight is 353 g/mol. The molecule has 1 aliphatic heterocycles. The lowest BCUT2D eigenvalue weighted by Gasteiger charge is -2.37. The summed E-state index contributed by atoms with van der Waals surface area (Å²) in [5.41, 5.74) is 1.19. The van der Waals surface area contributed by atoms with Crippen molar-refractivity contribution in [1.82, 2.24) is 4.98 Å². The Labute approximate surface area is 132 Å². The Balaban J connectivity index is 1.70. The minimum absolute atomic E-state index is 0.789. The molecule has 5 heteroatoms. The largest absolute Gasteiger partial charge is 0.368 e. The van der Waals surface area contributed by atoms with Gasteiger partial charge in [-0.25, -0.2) is 4.98 Å². The summed E-state index contributed by atoms with van der Waals surface area (Å²) in [6, 6.07) is 12.0. The standard InChI is InChI=1S/C15H15BrClN3/c16-14-5-2-6-18-15(14)20-9-7-19(8-10-20)13-4-1-3-12(17)11-13/h1-6,11H,7-10H2. The van der Waals surface area contributed by atoms with E-state index in [1.54, 1.807) is 0 Å². The molecule has 1 aliphatic rings. The molecular weight excluding hydrogens is 338 g/mol. The molecule has 1 aromatic heterocycles. The molecule has 0 atom stereocenters. The topological polar surface area (TPSA) is 19.4 Å². The van der Waals surface area contributed by atoms with Crippen LogP contribution in [0.15, 0.2) is 47.1 Å². The second kappa shape index (κ2) is 6.02. The Morgan fingerprint density at radius 3 is 2.45 bits per heavy atom. The maximum atomic E-state index is 6.06. The van der Waals surface area contributed by atoms with Crippen molar-refractivity contribution >= 4 is 39.0 Å². The van der Waals surface area contributed by atoms with Gasteiger partial charge < -0.3 is 9.80 Å². The number of aromatic nitrogens is 1. The van der Waals surface area contributed by atoms with Gasteiger partial charge in [-0.3, -0.25) is 0 Å². The number of hydrogen-bond acceptors (Lipinski definition) is 3. The molecule has 0 spiro atoms. The Morgan fingerprint density at radius 2 is 1.75 bits per heavy atom. The second-order valence-electron chi connectivity index (χ2n) is 4.76. The zero-order chi connectivity index (χ0) is 13.9. The van der Waals surface area contributed by atoms with Crippen molar-refractivity contribution in [3.8, 4) is 0 Å². The Morgan fingerprint density at radius 1 is 1.00 bits per heavy atom. The predicted octanol–water partition coefficient (Wildman–Crippen LogP) is 3.82. The van der Waals surface area contributed by atoms with Crippen LogP contribution in [-0.4, -0.2) is 31.2 Å². The van der Waals surface area contributed by atoms with Crippen molar-refractivity contribution in [2.75, 3.05) is 36.0 Å². The fourth-order valence-electron chi connectivity index (χ4n) is 2.46. The van der Waals surface area contributed by atoms with E-state index in [4.69, 9.17) is 11.6 Å². The third kappa shape index (κ3) is 2.91. The van der Waals surface area contributed by atoms with Crippen LogP contribution in [0.25, 0.3) is 0 Å². The van der Waals surface area contributed by atoms with Crippen molar-refractivity contribution < 1.29 is 0 Å². The van der Waals surface area contributed by atoms with Crippen molar-refractivity contribution in [3.05, 3.63) is 52.1 Å². The number of nitrogens with zero attached hydrogens (tertiary/aromatic N) is 3. The quantitative estimate of drug-likeness (QED) is 0.819. The molecule has 2 aromatic rings. The first-order valence-electron chi connectivity index (χ1n) is 6.60. The maximum absolute atomic E-state index is 6.06. The van der Waals surface area contributed by atoms with Crippen LogP contribution in [0.5, 0.6) is 0 Å². The zero-order valence-corrected chi connectivity index (χ0v) is 13.3. The van der Waals surface area contributed by atoms with Gasteiger partial charge in [0.25, 0.3) is 0 Å². The molecule has 3 rings (SSSR count). The number of pyridine rings is 1. The van der Waals surface area contributed by atoms with Gasteiger partial charge in [-0.1, -0.05) is 17.7 Å². The van der Waals surface area contributed by atoms with E-state index in [2.05, 4.69) is 36.8 Å². The third-order valence-corrected chi connectivity index (χ3v) is 4.35. The molecule has 0 N–H and O–H groups in total. The van der Waals surface area contributed by atoms with Crippen LogP contribution in [0.3, 0.4) is 0 Å². The summed E-state index contributed by atoms with van der Waals surface area (Å²) in [6.07, 6.45) is 1.84. The average Bonchev–Trinajstić information content (AvgIpc) is 2.48. The monoisotopic (exact) mass is 351 g/mol. The minimum atomic E-state index is 0.789. The van der Waals surface area contributed by atoms with Gasteiger partial charge in [-0.05, 0) is 46.3 Å². The second-order valence-corrected chi connectivity index (χ2v) is 6.05. The molecule has 0 radical (unpaired) electrons. The molecule has 1 fully saturated rings. The summed E-state index contributed by atoms with van der Waals surface area (Å²) in [5, 5.41) is 0.789. The molecule has 0 unspecified atom stereocenters. The summed E-state index contributed by atoms with van der Waals surface area (Å²) < 4.78 is 1.05. The van der Waals surface area contributed by atoms with Gasteiger partial charge in [-0.2, -0.15) is 0 Å². The molecule has 0 saturated carbocycles. The summed E-state index contributed by atoms with van der Waals surface area (Å²) in [5.74, 6) is 1.03. The summed E-state index contributed by atoms with van der Waals surface area (Å²) >= 11 is 9.62. The Bertz CT molecular complexity index is 597. The first-order chi connectivity index (χ1) is 9.74. The van der Waals surface area contributed by atoms with Gasteiger partial charge in [0.05, 0.1) is 4.47 Å². The highest BCUT2D eigenvalue weighted by atomic mass is 79.9. The van der Waals surface area contributed by atoms with E-state index >= 15 is 0 Å². The SMILES string of the molecule is Clc1cccc(N2CCN(c3ncccc3Br)CC2)c1. The van der Waals surface area contributed by atoms with Crippen LogP contribution >= 0.6 is 27.5 Å². The van der Waals surface area contributed by atoms with E-state index in [-0.39, 0.29) is 0 Å². The first kappa shape index (κ1) is 13.7. The summed E-state index contributed by atoms with van der Waals surface area (Å²) in [7, 11) is 0. The van der Waals surface area contributed by atoms with E-state index < -0.39 is 0 Å². The van der Waals surface area contributed by atoms with Crippen molar-refractivity contribution in [2.24, 2.45) is 0 Å². The van der Waals surface area contributed by atoms with Crippen molar-refractivity contribution in [3.63, 3.8) is 0 Å². The van der Waals surface area contributed by atoms with Gasteiger partial charge in [0.15, 0.2) is 0 Å². The van der Waals surface area contributed by atoms with Crippen LogP contribution in [0, 0.1) is 0 Å². The van der Waals surface area contributed by atoms with Crippen LogP contribution in [0.1, 0.15) is 0 Å². The van der Waals surface area contributed by atoms with Crippen molar-refractivity contribution in [2.45, 2.75) is 0 Å². The van der Waals surface area contributed by atoms with Gasteiger partial charge in [0.1, 0.15) is 5.82 Å². The number of anilines is 2. The maximum Gasteiger partial charge on any atom is 0.142 e. The lowest BCUT2D eigenvalue weighted by Crippen LogP contribution is -2.47. The van der Waals surface area contributed by atoms with Gasteiger partial charge in [0, 0.05) is 43.1 Å². The van der Waals surface area contributed by atoms with E-state index in [0.29, 0.717) is 0 Å². The number of piperazine rings is 1. The number of hydrogen-bond donors (Lipinski definition) is 0. The normalized spacial score (nSPS) is 15.5. The van der Waals surface area contributed by atoms with E-state index in [0.717, 1.165) is 41.5 Å². The Hall–Kier alpha value is -1.26. The van der Waals surface area contributed by atoms with E-state index in [1.165, 1.54) is 5.69 Å². The predicted molar refractivity (Wildman–Crippen MR) is 87.8 cm³/mol. The molecule has 0 aliphatic carbocycles. The Kier molecular flexibility index (Phi) is 4.13. The van der Waals surface area contributed by atoms with E-state index in [1.807, 2.05) is 36.5 Å². The minimum Gasteiger partial charge on any atom is -0.368 e. The molecule has 20 heavy (non-hydrogen) atoms. The molecule has 1 saturated heterocycles. The van der Waals surface area contributed by atoms with Crippen LogP contribution < -0.4 is 9.80 Å². The smallest absolute Gasteiger partial charge is 0.142 e. The van der Waals surface area contributed by atoms with Crippen molar-refractivity contribution in [1.29, 1.82) is 0 Å². The molecular formula is C15H15BrClN3. The van der Waals surface area contributed by atoms with Crippen LogP contribution in [-0.2, 0) is 0 Å². The fourth-order valence-corrected chi connectivity index (χ4v) is 3.15. The van der Waals surface area contributed by atoms with Gasteiger partial charge >= 0.3 is 0 Å². The van der Waals surface area contributed by atoms with Gasteiger partial charge in [-0.15, -0.1) is 0 Å². The lowest BCUT2D eigenvalue weighted by atomic mass is 10.2. The van der Waals surface area contributed by atoms with Crippen LogP contribution in [0.2, 0.25) is 5.02 Å². The number of rotatable bonds is 2. The highest BCUT2D eigenvalue weighted by molar-refractivity contribution is 9.10. The zero-order valence-electron chi connectivity index (χ0n) is 11.0. The number of halogens is 2. The van der Waals surface area contributed by atoms with E-state index in [9.17, 15) is 0 Å². The molecule has 2 heterocycles. The lowest BCUT2D eigenvalue weighted by molar-refractivity contribution is 0.646. The molecule has 1 aromatic carbocycles. The highest BCUT2D eigenvalue weighted by Crippen LogP contribution is 2.26. The summed E-state index contributed by atoms with van der Waals surface area (Å²) in [4.78, 5) is 9.12. The summed E-state index contributed by atoms with van der Waals surface area (Å²) in [6.45, 7) is 3.87. The third-order valence-electron chi connectivity index (χ3n) is 3.49. The first-order valence-corrected chi connectivity index (χ1v) is 7.77. The molecule has 104 valence electrons. The number of benzene rings is 1. The molecule has 0 bridgehead atoms. The van der Waals surface area contributed by atoms with Crippen LogP contribution in [0.4, 0.5) is 11.5 Å². The van der Waals surface area contributed by atoms with Gasteiger partial charge in [0.2, 0.25) is 0 Å². The molecule has 3 nitrogen and oxygen atoms in total. The fraction of sp³-hybridized carbons (Fsp3) is 0.267. The highest BCUT2D eigenvalue weighted by Gasteiger charge is 2.19.